The summed E-state index contributed by atoms with van der Waals surface area (Å²) in [5.74, 6) is 0. The SMILES string of the molecule is CCC.OCCOCCOCCO. The van der Waals surface area contributed by atoms with Crippen LogP contribution in [0.15, 0.2) is 0 Å². The smallest absolute Gasteiger partial charge is 0.0701 e. The number of ether oxygens (including phenoxy) is 2. The monoisotopic (exact) mass is 194 g/mol. The van der Waals surface area contributed by atoms with Gasteiger partial charge in [0.25, 0.3) is 0 Å². The van der Waals surface area contributed by atoms with Crippen molar-refractivity contribution in [1.82, 2.24) is 0 Å². The van der Waals surface area contributed by atoms with Gasteiger partial charge in [0.05, 0.1) is 39.6 Å². The first kappa shape index (κ1) is 15.3. The van der Waals surface area contributed by atoms with Gasteiger partial charge in [0, 0.05) is 0 Å². The van der Waals surface area contributed by atoms with Crippen LogP contribution in [-0.4, -0.2) is 49.9 Å². The van der Waals surface area contributed by atoms with E-state index < -0.39 is 0 Å². The highest BCUT2D eigenvalue weighted by atomic mass is 16.5. The van der Waals surface area contributed by atoms with Crippen molar-refractivity contribution >= 4 is 0 Å². The average Bonchev–Trinajstić information content (AvgIpc) is 2.13. The van der Waals surface area contributed by atoms with Crippen molar-refractivity contribution in [2.45, 2.75) is 20.3 Å². The van der Waals surface area contributed by atoms with Gasteiger partial charge in [-0.1, -0.05) is 20.3 Å². The fourth-order valence-electron chi connectivity index (χ4n) is 0.451. The number of rotatable bonds is 7. The zero-order valence-electron chi connectivity index (χ0n) is 8.66. The van der Waals surface area contributed by atoms with Crippen molar-refractivity contribution in [2.75, 3.05) is 39.6 Å². The Morgan fingerprint density at radius 3 is 1.31 bits per heavy atom. The van der Waals surface area contributed by atoms with Gasteiger partial charge in [-0.15, -0.1) is 0 Å². The van der Waals surface area contributed by atoms with Crippen LogP contribution in [0.3, 0.4) is 0 Å². The number of hydrogen-bond acceptors (Lipinski definition) is 4. The van der Waals surface area contributed by atoms with Gasteiger partial charge < -0.3 is 19.7 Å². The lowest BCUT2D eigenvalue weighted by Gasteiger charge is -2.01. The van der Waals surface area contributed by atoms with E-state index in [1.807, 2.05) is 0 Å². The lowest BCUT2D eigenvalue weighted by Crippen LogP contribution is -2.09. The molecule has 4 heteroatoms. The van der Waals surface area contributed by atoms with Crippen molar-refractivity contribution in [3.05, 3.63) is 0 Å². The molecule has 0 aromatic carbocycles. The van der Waals surface area contributed by atoms with E-state index in [0.29, 0.717) is 26.4 Å². The molecular weight excluding hydrogens is 172 g/mol. The average molecular weight is 194 g/mol. The van der Waals surface area contributed by atoms with Gasteiger partial charge in [0.1, 0.15) is 0 Å². The fraction of sp³-hybridized carbons (Fsp3) is 1.00. The maximum atomic E-state index is 8.26. The number of aliphatic hydroxyl groups is 2. The van der Waals surface area contributed by atoms with Crippen molar-refractivity contribution in [3.8, 4) is 0 Å². The standard InChI is InChI=1S/C6H14O4.C3H8/c7-1-3-9-5-6-10-4-2-8;1-3-2/h7-8H,1-6H2;3H2,1-2H3. The highest BCUT2D eigenvalue weighted by Crippen LogP contribution is 1.76. The van der Waals surface area contributed by atoms with E-state index in [9.17, 15) is 0 Å². The van der Waals surface area contributed by atoms with Gasteiger partial charge >= 0.3 is 0 Å². The molecule has 0 radical (unpaired) electrons. The molecule has 0 fully saturated rings. The first-order valence-electron chi connectivity index (χ1n) is 4.70. The molecule has 0 atom stereocenters. The summed E-state index contributed by atoms with van der Waals surface area (Å²) in [5.41, 5.74) is 0. The molecule has 0 aliphatic carbocycles. The minimum atomic E-state index is 0.0417. The quantitative estimate of drug-likeness (QED) is 0.577. The minimum Gasteiger partial charge on any atom is -0.394 e. The maximum Gasteiger partial charge on any atom is 0.0701 e. The third kappa shape index (κ3) is 24.5. The first-order valence-corrected chi connectivity index (χ1v) is 4.70. The summed E-state index contributed by atoms with van der Waals surface area (Å²) in [7, 11) is 0. The topological polar surface area (TPSA) is 58.9 Å². The summed E-state index contributed by atoms with van der Waals surface area (Å²) in [4.78, 5) is 0. The van der Waals surface area contributed by atoms with Crippen LogP contribution in [0.5, 0.6) is 0 Å². The lowest BCUT2D eigenvalue weighted by atomic mass is 10.6. The van der Waals surface area contributed by atoms with E-state index in [0.717, 1.165) is 0 Å². The van der Waals surface area contributed by atoms with Crippen LogP contribution < -0.4 is 0 Å². The van der Waals surface area contributed by atoms with Crippen LogP contribution in [0.1, 0.15) is 20.3 Å². The van der Waals surface area contributed by atoms with Crippen LogP contribution in [0.2, 0.25) is 0 Å². The zero-order chi connectivity index (χ0) is 10.4. The Bertz CT molecular complexity index is 60.6. The molecule has 4 nitrogen and oxygen atoms in total. The van der Waals surface area contributed by atoms with E-state index in [-0.39, 0.29) is 13.2 Å². The van der Waals surface area contributed by atoms with Crippen molar-refractivity contribution < 1.29 is 19.7 Å². The molecule has 2 N–H and O–H groups in total. The third-order valence-electron chi connectivity index (χ3n) is 0.843. The molecule has 82 valence electrons. The van der Waals surface area contributed by atoms with E-state index in [1.165, 1.54) is 6.42 Å². The fourth-order valence-corrected chi connectivity index (χ4v) is 0.451. The molecule has 0 unspecified atom stereocenters. The van der Waals surface area contributed by atoms with Crippen LogP contribution >= 0.6 is 0 Å². The summed E-state index contributed by atoms with van der Waals surface area (Å²) < 4.78 is 9.75. The Kier molecular flexibility index (Phi) is 21.0. The van der Waals surface area contributed by atoms with Crippen LogP contribution in [0.4, 0.5) is 0 Å². The van der Waals surface area contributed by atoms with Gasteiger partial charge in [-0.2, -0.15) is 0 Å². The Balaban J connectivity index is 0. The van der Waals surface area contributed by atoms with E-state index in [1.54, 1.807) is 0 Å². The van der Waals surface area contributed by atoms with Crippen molar-refractivity contribution in [3.63, 3.8) is 0 Å². The molecule has 0 saturated heterocycles. The molecule has 0 aliphatic rings. The Hall–Kier alpha value is -0.160. The molecule has 0 rings (SSSR count). The molecule has 0 amide bonds. The second-order valence-corrected chi connectivity index (χ2v) is 2.38. The maximum absolute atomic E-state index is 8.26. The Morgan fingerprint density at radius 2 is 1.08 bits per heavy atom. The molecule has 13 heavy (non-hydrogen) atoms. The molecule has 0 aromatic rings. The molecule has 0 aromatic heterocycles. The Labute approximate surface area is 80.5 Å². The van der Waals surface area contributed by atoms with E-state index >= 15 is 0 Å². The second kappa shape index (κ2) is 17.8. The third-order valence-corrected chi connectivity index (χ3v) is 0.843. The van der Waals surface area contributed by atoms with E-state index in [2.05, 4.69) is 13.8 Å². The summed E-state index contributed by atoms with van der Waals surface area (Å²) in [6, 6.07) is 0. The largest absolute Gasteiger partial charge is 0.394 e. The summed E-state index contributed by atoms with van der Waals surface area (Å²) in [6.07, 6.45) is 1.25. The van der Waals surface area contributed by atoms with Crippen LogP contribution in [-0.2, 0) is 9.47 Å². The highest BCUT2D eigenvalue weighted by Gasteiger charge is 1.86. The summed E-state index contributed by atoms with van der Waals surface area (Å²) >= 11 is 0. The normalized spacial score (nSPS) is 9.23. The number of hydrogen-bond donors (Lipinski definition) is 2. The predicted octanol–water partition coefficient (Wildman–Crippen LogP) is 0.421. The second-order valence-electron chi connectivity index (χ2n) is 2.38. The molecule has 0 heterocycles. The van der Waals surface area contributed by atoms with Gasteiger partial charge in [-0.25, -0.2) is 0 Å². The van der Waals surface area contributed by atoms with Crippen LogP contribution in [0, 0.1) is 0 Å². The summed E-state index contributed by atoms with van der Waals surface area (Å²) in [6.45, 7) is 5.98. The first-order chi connectivity index (χ1) is 6.33. The Morgan fingerprint density at radius 1 is 0.769 bits per heavy atom. The van der Waals surface area contributed by atoms with Crippen molar-refractivity contribution in [1.29, 1.82) is 0 Å². The van der Waals surface area contributed by atoms with Gasteiger partial charge in [0.15, 0.2) is 0 Å². The lowest BCUT2D eigenvalue weighted by molar-refractivity contribution is 0.0222. The van der Waals surface area contributed by atoms with Gasteiger partial charge in [0.2, 0.25) is 0 Å². The molecule has 0 spiro atoms. The van der Waals surface area contributed by atoms with E-state index in [4.69, 9.17) is 19.7 Å². The van der Waals surface area contributed by atoms with Crippen LogP contribution in [0.25, 0.3) is 0 Å². The molecule has 0 saturated carbocycles. The van der Waals surface area contributed by atoms with Gasteiger partial charge in [-0.05, 0) is 0 Å². The highest BCUT2D eigenvalue weighted by molar-refractivity contribution is 4.30. The van der Waals surface area contributed by atoms with Crippen molar-refractivity contribution in [2.24, 2.45) is 0 Å². The van der Waals surface area contributed by atoms with Gasteiger partial charge in [-0.3, -0.25) is 0 Å². The molecule has 0 bridgehead atoms. The minimum absolute atomic E-state index is 0.0417. The zero-order valence-corrected chi connectivity index (χ0v) is 8.66. The molecular formula is C9H22O4. The number of aliphatic hydroxyl groups excluding tert-OH is 2. The molecule has 0 aliphatic heterocycles. The predicted molar refractivity (Wildman–Crippen MR) is 51.8 cm³/mol. The summed E-state index contributed by atoms with van der Waals surface area (Å²) in [5, 5.41) is 16.5.